The first-order valence-electron chi connectivity index (χ1n) is 6.01. The van der Waals surface area contributed by atoms with Gasteiger partial charge in [-0.05, 0) is 0 Å². The van der Waals surface area contributed by atoms with Crippen molar-refractivity contribution in [2.24, 2.45) is 0 Å². The van der Waals surface area contributed by atoms with Gasteiger partial charge in [-0.3, -0.25) is 19.4 Å². The van der Waals surface area contributed by atoms with Crippen molar-refractivity contribution in [1.29, 1.82) is 0 Å². The first kappa shape index (κ1) is 15.6. The minimum atomic E-state index is -2.17. The lowest BCUT2D eigenvalue weighted by Crippen LogP contribution is -2.66. The predicted molar refractivity (Wildman–Crippen MR) is 73.0 cm³/mol. The summed E-state index contributed by atoms with van der Waals surface area (Å²) in [7, 11) is 1.03. The van der Waals surface area contributed by atoms with E-state index in [0.29, 0.717) is 0 Å². The molecular weight excluding hydrogens is 264 g/mol. The van der Waals surface area contributed by atoms with Crippen LogP contribution in [0.15, 0.2) is 11.8 Å². The van der Waals surface area contributed by atoms with E-state index in [9.17, 15) is 19.5 Å². The molecule has 106 valence electrons. The molecule has 19 heavy (non-hydrogen) atoms. The monoisotopic (exact) mass is 284 g/mol. The lowest BCUT2D eigenvalue weighted by atomic mass is 9.94. The standard InChI is InChI=1S/C12H20N2O4Si/c1-13-9(15)12(18,7-6-8-19(3,4)5)10(16)14(2)11(13)17/h6,8,18H,7H2,1-5H3/b8-6-. The molecule has 0 saturated carbocycles. The topological polar surface area (TPSA) is 77.9 Å². The van der Waals surface area contributed by atoms with Gasteiger partial charge >= 0.3 is 6.03 Å². The molecule has 7 heteroatoms. The summed E-state index contributed by atoms with van der Waals surface area (Å²) < 4.78 is 0. The van der Waals surface area contributed by atoms with Crippen molar-refractivity contribution in [3.8, 4) is 0 Å². The van der Waals surface area contributed by atoms with Crippen LogP contribution in [0.4, 0.5) is 4.79 Å². The van der Waals surface area contributed by atoms with Crippen LogP contribution in [-0.2, 0) is 9.59 Å². The van der Waals surface area contributed by atoms with Crippen LogP contribution >= 0.6 is 0 Å². The summed E-state index contributed by atoms with van der Waals surface area (Å²) in [6, 6.07) is -0.728. The summed E-state index contributed by atoms with van der Waals surface area (Å²) in [5, 5.41) is 10.3. The molecule has 1 rings (SSSR count). The third-order valence-corrected chi connectivity index (χ3v) is 4.16. The van der Waals surface area contributed by atoms with Crippen molar-refractivity contribution in [2.75, 3.05) is 14.1 Å². The van der Waals surface area contributed by atoms with E-state index in [-0.39, 0.29) is 6.42 Å². The van der Waals surface area contributed by atoms with E-state index in [1.54, 1.807) is 6.08 Å². The van der Waals surface area contributed by atoms with Crippen molar-refractivity contribution < 1.29 is 19.5 Å². The Bertz CT molecular complexity index is 429. The van der Waals surface area contributed by atoms with Gasteiger partial charge in [0, 0.05) is 20.5 Å². The number of barbiturate groups is 1. The Balaban J connectivity index is 3.01. The zero-order valence-electron chi connectivity index (χ0n) is 11.9. The molecule has 0 aromatic carbocycles. The van der Waals surface area contributed by atoms with Gasteiger partial charge in [-0.25, -0.2) is 4.79 Å². The Labute approximate surface area is 113 Å². The first-order valence-corrected chi connectivity index (χ1v) is 9.59. The van der Waals surface area contributed by atoms with Crippen LogP contribution in [0.25, 0.3) is 0 Å². The fraction of sp³-hybridized carbons (Fsp3) is 0.583. The highest BCUT2D eigenvalue weighted by Crippen LogP contribution is 2.23. The summed E-state index contributed by atoms with van der Waals surface area (Å²) in [5.74, 6) is -1.75. The maximum atomic E-state index is 12.0. The number of aliphatic hydroxyl groups is 1. The molecule has 1 aliphatic heterocycles. The van der Waals surface area contributed by atoms with Crippen LogP contribution in [0.1, 0.15) is 6.42 Å². The molecule has 6 nitrogen and oxygen atoms in total. The molecule has 1 N–H and O–H groups in total. The number of imide groups is 2. The summed E-state index contributed by atoms with van der Waals surface area (Å²) in [6.45, 7) is 6.29. The second-order valence-electron chi connectivity index (χ2n) is 5.84. The minimum absolute atomic E-state index is 0.114. The zero-order valence-corrected chi connectivity index (χ0v) is 12.9. The normalized spacial score (nSPS) is 20.6. The average molecular weight is 284 g/mol. The van der Waals surface area contributed by atoms with Crippen LogP contribution < -0.4 is 0 Å². The molecule has 1 heterocycles. The van der Waals surface area contributed by atoms with Gasteiger partial charge in [-0.2, -0.15) is 0 Å². The number of hydrogen-bond donors (Lipinski definition) is 1. The molecule has 0 bridgehead atoms. The van der Waals surface area contributed by atoms with E-state index in [1.165, 1.54) is 14.1 Å². The molecule has 0 unspecified atom stereocenters. The Kier molecular flexibility index (Phi) is 4.02. The highest BCUT2D eigenvalue weighted by atomic mass is 28.3. The fourth-order valence-electron chi connectivity index (χ4n) is 1.80. The molecule has 0 aromatic rings. The minimum Gasteiger partial charge on any atom is -0.371 e. The fourth-order valence-corrected chi connectivity index (χ4v) is 2.63. The van der Waals surface area contributed by atoms with E-state index in [2.05, 4.69) is 19.6 Å². The van der Waals surface area contributed by atoms with Crippen molar-refractivity contribution in [3.05, 3.63) is 11.8 Å². The summed E-state index contributed by atoms with van der Waals surface area (Å²) in [6.07, 6.45) is 1.54. The van der Waals surface area contributed by atoms with E-state index in [0.717, 1.165) is 9.80 Å². The van der Waals surface area contributed by atoms with Gasteiger partial charge in [0.05, 0.1) is 8.07 Å². The highest BCUT2D eigenvalue weighted by molar-refractivity contribution is 6.80. The molecule has 0 atom stereocenters. The first-order chi connectivity index (χ1) is 8.50. The Hall–Kier alpha value is -1.47. The van der Waals surface area contributed by atoms with E-state index >= 15 is 0 Å². The van der Waals surface area contributed by atoms with Crippen LogP contribution in [0, 0.1) is 0 Å². The quantitative estimate of drug-likeness (QED) is 0.608. The zero-order chi connectivity index (χ0) is 15.0. The molecule has 1 fully saturated rings. The summed E-state index contributed by atoms with van der Waals surface area (Å²) in [5.41, 5.74) is -0.227. The second-order valence-corrected chi connectivity index (χ2v) is 10.9. The van der Waals surface area contributed by atoms with E-state index in [1.807, 2.05) is 5.70 Å². The van der Waals surface area contributed by atoms with Gasteiger partial charge in [0.2, 0.25) is 5.60 Å². The lowest BCUT2D eigenvalue weighted by Gasteiger charge is -2.37. The van der Waals surface area contributed by atoms with Crippen molar-refractivity contribution in [3.63, 3.8) is 0 Å². The van der Waals surface area contributed by atoms with Gasteiger partial charge in [-0.1, -0.05) is 31.4 Å². The van der Waals surface area contributed by atoms with Crippen molar-refractivity contribution in [2.45, 2.75) is 31.7 Å². The van der Waals surface area contributed by atoms with Crippen molar-refractivity contribution >= 4 is 25.9 Å². The molecule has 0 aromatic heterocycles. The highest BCUT2D eigenvalue weighted by Gasteiger charge is 2.53. The van der Waals surface area contributed by atoms with Crippen molar-refractivity contribution in [1.82, 2.24) is 9.80 Å². The molecule has 1 saturated heterocycles. The van der Waals surface area contributed by atoms with Gasteiger partial charge in [-0.15, -0.1) is 0 Å². The Morgan fingerprint density at radius 2 is 1.53 bits per heavy atom. The average Bonchev–Trinajstić information content (AvgIpc) is 2.30. The third kappa shape index (κ3) is 2.93. The summed E-state index contributed by atoms with van der Waals surface area (Å²) >= 11 is 0. The number of urea groups is 1. The number of nitrogens with zero attached hydrogens (tertiary/aromatic N) is 2. The van der Waals surface area contributed by atoms with Crippen LogP contribution in [0.2, 0.25) is 19.6 Å². The SMILES string of the molecule is CN1C(=O)N(C)C(=O)C(O)(C/C=C\[Si](C)(C)C)C1=O. The summed E-state index contributed by atoms with van der Waals surface area (Å²) in [4.78, 5) is 37.0. The van der Waals surface area contributed by atoms with E-state index < -0.39 is 31.5 Å². The molecule has 1 aliphatic rings. The molecule has 0 spiro atoms. The maximum absolute atomic E-state index is 12.0. The van der Waals surface area contributed by atoms with Crippen LogP contribution in [0.5, 0.6) is 0 Å². The Morgan fingerprint density at radius 3 is 1.89 bits per heavy atom. The number of rotatable bonds is 3. The van der Waals surface area contributed by atoms with Gasteiger partial charge in [0.1, 0.15) is 0 Å². The number of carbonyl (C=O) groups excluding carboxylic acids is 3. The smallest absolute Gasteiger partial charge is 0.333 e. The molecule has 0 aliphatic carbocycles. The van der Waals surface area contributed by atoms with E-state index in [4.69, 9.17) is 0 Å². The molecule has 4 amide bonds. The number of hydrogen-bond acceptors (Lipinski definition) is 4. The van der Waals surface area contributed by atoms with Gasteiger partial charge in [0.15, 0.2) is 0 Å². The largest absolute Gasteiger partial charge is 0.371 e. The van der Waals surface area contributed by atoms with Gasteiger partial charge < -0.3 is 5.11 Å². The number of carbonyl (C=O) groups is 3. The van der Waals surface area contributed by atoms with Gasteiger partial charge in [0.25, 0.3) is 11.8 Å². The third-order valence-electron chi connectivity index (χ3n) is 2.92. The molecule has 0 radical (unpaired) electrons. The van der Waals surface area contributed by atoms with Crippen LogP contribution in [0.3, 0.4) is 0 Å². The van der Waals surface area contributed by atoms with Crippen LogP contribution in [-0.4, -0.2) is 60.5 Å². The predicted octanol–water partition coefficient (Wildman–Crippen LogP) is 0.592. The lowest BCUT2D eigenvalue weighted by molar-refractivity contribution is -0.167. The second kappa shape index (κ2) is 4.90. The number of likely N-dealkylation sites (N-methyl/N-ethyl adjacent to an activating group) is 2. The molecular formula is C12H20N2O4Si. The maximum Gasteiger partial charge on any atom is 0.333 e. The Morgan fingerprint density at radius 1 is 1.11 bits per heavy atom. The number of amides is 4.